The van der Waals surface area contributed by atoms with Crippen molar-refractivity contribution in [3.8, 4) is 0 Å². The number of hydrogen-bond acceptors (Lipinski definition) is 4. The standard InChI is InChI=1S/C14H28N2O3/c1-11(2)19-10-14(18)9-15(4)7-13-5-6-16(8-13)12(3)17/h11,13-14,18H,5-10H2,1-4H3. The average Bonchev–Trinajstić information content (AvgIpc) is 2.74. The van der Waals surface area contributed by atoms with Crippen molar-refractivity contribution in [2.24, 2.45) is 5.92 Å². The summed E-state index contributed by atoms with van der Waals surface area (Å²) < 4.78 is 5.39. The van der Waals surface area contributed by atoms with Gasteiger partial charge in [-0.15, -0.1) is 0 Å². The Morgan fingerprint density at radius 2 is 2.21 bits per heavy atom. The molecule has 19 heavy (non-hydrogen) atoms. The van der Waals surface area contributed by atoms with E-state index in [2.05, 4.69) is 4.90 Å². The number of hydrogen-bond donors (Lipinski definition) is 1. The molecule has 1 rings (SSSR count). The maximum atomic E-state index is 11.3. The van der Waals surface area contributed by atoms with E-state index in [1.165, 1.54) is 0 Å². The lowest BCUT2D eigenvalue weighted by Gasteiger charge is -2.24. The van der Waals surface area contributed by atoms with Gasteiger partial charge in [-0.25, -0.2) is 0 Å². The summed E-state index contributed by atoms with van der Waals surface area (Å²) in [5, 5.41) is 9.85. The van der Waals surface area contributed by atoms with Gasteiger partial charge in [0.1, 0.15) is 0 Å². The Labute approximate surface area is 116 Å². The van der Waals surface area contributed by atoms with Crippen LogP contribution in [0.1, 0.15) is 27.2 Å². The van der Waals surface area contributed by atoms with Gasteiger partial charge in [-0.2, -0.15) is 0 Å². The van der Waals surface area contributed by atoms with Crippen LogP contribution in [-0.2, 0) is 9.53 Å². The second-order valence-corrected chi connectivity index (χ2v) is 5.88. The predicted octanol–water partition coefficient (Wildman–Crippen LogP) is 0.573. The summed E-state index contributed by atoms with van der Waals surface area (Å²) >= 11 is 0. The van der Waals surface area contributed by atoms with Crippen molar-refractivity contribution < 1.29 is 14.6 Å². The minimum absolute atomic E-state index is 0.152. The normalized spacial score (nSPS) is 21.4. The van der Waals surface area contributed by atoms with E-state index < -0.39 is 6.10 Å². The lowest BCUT2D eigenvalue weighted by atomic mass is 10.1. The van der Waals surface area contributed by atoms with Gasteiger partial charge >= 0.3 is 0 Å². The number of nitrogens with zero attached hydrogens (tertiary/aromatic N) is 2. The molecule has 1 amide bonds. The highest BCUT2D eigenvalue weighted by atomic mass is 16.5. The third-order valence-electron chi connectivity index (χ3n) is 3.45. The summed E-state index contributed by atoms with van der Waals surface area (Å²) in [6.07, 6.45) is 0.763. The molecule has 0 spiro atoms. The van der Waals surface area contributed by atoms with Gasteiger partial charge in [0, 0.05) is 33.1 Å². The summed E-state index contributed by atoms with van der Waals surface area (Å²) in [4.78, 5) is 15.3. The third kappa shape index (κ3) is 6.36. The fourth-order valence-electron chi connectivity index (χ4n) is 2.50. The van der Waals surface area contributed by atoms with Crippen LogP contribution in [0.2, 0.25) is 0 Å². The predicted molar refractivity (Wildman–Crippen MR) is 75.0 cm³/mol. The Kier molecular flexibility index (Phi) is 6.75. The molecule has 0 radical (unpaired) electrons. The molecular formula is C14H28N2O3. The van der Waals surface area contributed by atoms with Crippen LogP contribution in [0.4, 0.5) is 0 Å². The maximum absolute atomic E-state index is 11.3. The van der Waals surface area contributed by atoms with E-state index in [-0.39, 0.29) is 12.0 Å². The number of rotatable bonds is 7. The molecule has 2 atom stereocenters. The number of carbonyl (C=O) groups is 1. The van der Waals surface area contributed by atoms with Crippen molar-refractivity contribution in [1.29, 1.82) is 0 Å². The van der Waals surface area contributed by atoms with E-state index in [9.17, 15) is 9.90 Å². The SMILES string of the molecule is CC(=O)N1CCC(CN(C)CC(O)COC(C)C)C1. The molecule has 0 aliphatic carbocycles. The summed E-state index contributed by atoms with van der Waals surface area (Å²) in [6, 6.07) is 0. The first-order chi connectivity index (χ1) is 8.88. The number of amides is 1. The van der Waals surface area contributed by atoms with E-state index >= 15 is 0 Å². The lowest BCUT2D eigenvalue weighted by Crippen LogP contribution is -2.36. The summed E-state index contributed by atoms with van der Waals surface area (Å²) in [5.41, 5.74) is 0. The molecule has 0 saturated carbocycles. The molecular weight excluding hydrogens is 244 g/mol. The van der Waals surface area contributed by atoms with Crippen LogP contribution in [0.5, 0.6) is 0 Å². The largest absolute Gasteiger partial charge is 0.389 e. The van der Waals surface area contributed by atoms with E-state index in [0.29, 0.717) is 19.1 Å². The molecule has 5 heteroatoms. The smallest absolute Gasteiger partial charge is 0.219 e. The number of likely N-dealkylation sites (tertiary alicyclic amines) is 1. The molecule has 0 bridgehead atoms. The van der Waals surface area contributed by atoms with Crippen LogP contribution in [0.3, 0.4) is 0 Å². The number of carbonyl (C=O) groups excluding carboxylic acids is 1. The molecule has 2 unspecified atom stereocenters. The molecule has 1 heterocycles. The minimum Gasteiger partial charge on any atom is -0.389 e. The van der Waals surface area contributed by atoms with Gasteiger partial charge in [-0.3, -0.25) is 4.79 Å². The zero-order valence-electron chi connectivity index (χ0n) is 12.6. The molecule has 0 aromatic heterocycles. The molecule has 5 nitrogen and oxygen atoms in total. The third-order valence-corrected chi connectivity index (χ3v) is 3.45. The van der Waals surface area contributed by atoms with Gasteiger partial charge in [0.05, 0.1) is 18.8 Å². The monoisotopic (exact) mass is 272 g/mol. The van der Waals surface area contributed by atoms with E-state index in [1.807, 2.05) is 25.8 Å². The Morgan fingerprint density at radius 3 is 2.74 bits per heavy atom. The van der Waals surface area contributed by atoms with Gasteiger partial charge in [-0.05, 0) is 33.2 Å². The number of aliphatic hydroxyl groups is 1. The number of ether oxygens (including phenoxy) is 1. The van der Waals surface area contributed by atoms with Crippen LogP contribution < -0.4 is 0 Å². The van der Waals surface area contributed by atoms with Crippen molar-refractivity contribution in [3.63, 3.8) is 0 Å². The zero-order chi connectivity index (χ0) is 14.4. The second-order valence-electron chi connectivity index (χ2n) is 5.88. The topological polar surface area (TPSA) is 53.0 Å². The van der Waals surface area contributed by atoms with Crippen molar-refractivity contribution >= 4 is 5.91 Å². The summed E-state index contributed by atoms with van der Waals surface area (Å²) in [5.74, 6) is 0.683. The van der Waals surface area contributed by atoms with Crippen molar-refractivity contribution in [1.82, 2.24) is 9.80 Å². The van der Waals surface area contributed by atoms with Gasteiger partial charge in [-0.1, -0.05) is 0 Å². The Balaban J connectivity index is 2.20. The van der Waals surface area contributed by atoms with Gasteiger partial charge < -0.3 is 19.6 Å². The van der Waals surface area contributed by atoms with Crippen LogP contribution in [-0.4, -0.2) is 72.9 Å². The van der Waals surface area contributed by atoms with Gasteiger partial charge in [0.25, 0.3) is 0 Å². The number of likely N-dealkylation sites (N-methyl/N-ethyl adjacent to an activating group) is 1. The Bertz CT molecular complexity index is 284. The highest BCUT2D eigenvalue weighted by Gasteiger charge is 2.25. The molecule has 1 aliphatic rings. The molecule has 1 saturated heterocycles. The van der Waals surface area contributed by atoms with Crippen LogP contribution in [0.15, 0.2) is 0 Å². The Morgan fingerprint density at radius 1 is 1.53 bits per heavy atom. The summed E-state index contributed by atoms with van der Waals surface area (Å²) in [6.45, 7) is 9.18. The molecule has 1 N–H and O–H groups in total. The minimum atomic E-state index is -0.447. The van der Waals surface area contributed by atoms with Crippen LogP contribution in [0, 0.1) is 5.92 Å². The first-order valence-electron chi connectivity index (χ1n) is 7.12. The van der Waals surface area contributed by atoms with E-state index in [0.717, 1.165) is 26.1 Å². The molecule has 1 aliphatic heterocycles. The first kappa shape index (κ1) is 16.4. The fourth-order valence-corrected chi connectivity index (χ4v) is 2.50. The van der Waals surface area contributed by atoms with Gasteiger partial charge in [0.15, 0.2) is 0 Å². The Hall–Kier alpha value is -0.650. The molecule has 112 valence electrons. The van der Waals surface area contributed by atoms with Crippen molar-refractivity contribution in [3.05, 3.63) is 0 Å². The lowest BCUT2D eigenvalue weighted by molar-refractivity contribution is -0.127. The van der Waals surface area contributed by atoms with Crippen molar-refractivity contribution in [2.75, 3.05) is 39.8 Å². The molecule has 0 aromatic carbocycles. The highest BCUT2D eigenvalue weighted by Crippen LogP contribution is 2.17. The number of aliphatic hydroxyl groups excluding tert-OH is 1. The van der Waals surface area contributed by atoms with Gasteiger partial charge in [0.2, 0.25) is 5.91 Å². The average molecular weight is 272 g/mol. The maximum Gasteiger partial charge on any atom is 0.219 e. The van der Waals surface area contributed by atoms with Crippen LogP contribution in [0.25, 0.3) is 0 Å². The van der Waals surface area contributed by atoms with E-state index in [1.54, 1.807) is 6.92 Å². The highest BCUT2D eigenvalue weighted by molar-refractivity contribution is 5.73. The first-order valence-corrected chi connectivity index (χ1v) is 7.12. The molecule has 1 fully saturated rings. The second kappa shape index (κ2) is 7.82. The fraction of sp³-hybridized carbons (Fsp3) is 0.929. The quantitative estimate of drug-likeness (QED) is 0.736. The summed E-state index contributed by atoms with van der Waals surface area (Å²) in [7, 11) is 2.01. The molecule has 0 aromatic rings. The van der Waals surface area contributed by atoms with Crippen LogP contribution >= 0.6 is 0 Å². The van der Waals surface area contributed by atoms with Crippen molar-refractivity contribution in [2.45, 2.75) is 39.4 Å². The van der Waals surface area contributed by atoms with E-state index in [4.69, 9.17) is 4.74 Å². The zero-order valence-corrected chi connectivity index (χ0v) is 12.6.